The zero-order valence-electron chi connectivity index (χ0n) is 14.5. The van der Waals surface area contributed by atoms with Crippen LogP contribution in [0.4, 0.5) is 10.5 Å². The van der Waals surface area contributed by atoms with Gasteiger partial charge in [-0.05, 0) is 49.9 Å². The maximum absolute atomic E-state index is 12.5. The maximum atomic E-state index is 12.5. The normalized spacial score (nSPS) is 25.8. The molecule has 4 aliphatic rings. The topological polar surface area (TPSA) is 73.5 Å². The molecule has 2 unspecified atom stereocenters. The molecule has 0 radical (unpaired) electrons. The Balaban J connectivity index is 1.34. The minimum atomic E-state index is -0.0423. The van der Waals surface area contributed by atoms with Gasteiger partial charge in [-0.3, -0.25) is 4.79 Å². The summed E-state index contributed by atoms with van der Waals surface area (Å²) >= 11 is 0. The molecule has 3 heterocycles. The number of hydrogen-bond acceptors (Lipinski definition) is 3. The molecule has 1 aromatic carbocycles. The van der Waals surface area contributed by atoms with Crippen LogP contribution in [0.2, 0.25) is 0 Å². The second kappa shape index (κ2) is 7.04. The Kier molecular flexibility index (Phi) is 4.61. The summed E-state index contributed by atoms with van der Waals surface area (Å²) in [5.74, 6) is -0.0239. The van der Waals surface area contributed by atoms with Gasteiger partial charge in [0.05, 0.1) is 0 Å². The number of nitrogens with zero attached hydrogens (tertiary/aromatic N) is 1. The maximum Gasteiger partial charge on any atom is 0.322 e. The Morgan fingerprint density at radius 3 is 2.40 bits per heavy atom. The molecule has 5 rings (SSSR count). The molecule has 2 bridgehead atoms. The smallest absolute Gasteiger partial charge is 0.322 e. The number of piperidine rings is 2. The molecule has 134 valence electrons. The van der Waals surface area contributed by atoms with Crippen molar-refractivity contribution in [2.45, 2.75) is 56.7 Å². The van der Waals surface area contributed by atoms with Crippen molar-refractivity contribution in [1.82, 2.24) is 15.5 Å². The number of anilines is 1. The Morgan fingerprint density at radius 2 is 1.80 bits per heavy atom. The first-order valence-corrected chi connectivity index (χ1v) is 9.41. The van der Waals surface area contributed by atoms with Gasteiger partial charge in [0.1, 0.15) is 0 Å². The molecule has 1 saturated carbocycles. The molecule has 3 N–H and O–H groups in total. The highest BCUT2D eigenvalue weighted by Crippen LogP contribution is 2.23. The lowest BCUT2D eigenvalue weighted by atomic mass is 9.93. The second-order valence-electron chi connectivity index (χ2n) is 7.45. The standard InChI is InChI=1S/C19H26N4O2/c24-18(21-14-3-1-2-4-14)13-5-7-15(8-6-13)22-19(25)23-12-16-9-10-17(23)11-20-16/h5-8,14,16-17,20H,1-4,9-12H2,(H,21,24)(H,22,25). The number of piperazine rings is 1. The summed E-state index contributed by atoms with van der Waals surface area (Å²) in [7, 11) is 0. The van der Waals surface area contributed by atoms with E-state index in [0.29, 0.717) is 23.7 Å². The van der Waals surface area contributed by atoms with E-state index < -0.39 is 0 Å². The number of nitrogens with one attached hydrogen (secondary N) is 3. The summed E-state index contributed by atoms with van der Waals surface area (Å²) in [4.78, 5) is 26.7. The van der Waals surface area contributed by atoms with Gasteiger partial charge < -0.3 is 20.9 Å². The zero-order valence-corrected chi connectivity index (χ0v) is 14.5. The molecule has 6 nitrogen and oxygen atoms in total. The van der Waals surface area contributed by atoms with E-state index in [4.69, 9.17) is 0 Å². The number of carbonyl (C=O) groups is 2. The van der Waals surface area contributed by atoms with E-state index in [9.17, 15) is 9.59 Å². The van der Waals surface area contributed by atoms with E-state index in [0.717, 1.165) is 44.5 Å². The Hall–Kier alpha value is -2.08. The average molecular weight is 342 g/mol. The van der Waals surface area contributed by atoms with Crippen LogP contribution in [0.5, 0.6) is 0 Å². The van der Waals surface area contributed by atoms with Gasteiger partial charge >= 0.3 is 6.03 Å². The molecule has 3 aliphatic heterocycles. The van der Waals surface area contributed by atoms with Gasteiger partial charge in [0, 0.05) is 42.5 Å². The molecule has 4 fully saturated rings. The van der Waals surface area contributed by atoms with Gasteiger partial charge in [-0.25, -0.2) is 4.79 Å². The van der Waals surface area contributed by atoms with Crippen LogP contribution in [0, 0.1) is 0 Å². The number of benzene rings is 1. The largest absolute Gasteiger partial charge is 0.349 e. The highest BCUT2D eigenvalue weighted by molar-refractivity contribution is 5.95. The predicted octanol–water partition coefficient (Wildman–Crippen LogP) is 2.33. The molecule has 6 heteroatoms. The first-order chi connectivity index (χ1) is 12.2. The average Bonchev–Trinajstić information content (AvgIpc) is 3.16. The van der Waals surface area contributed by atoms with Crippen molar-refractivity contribution in [1.29, 1.82) is 0 Å². The number of amides is 3. The molecule has 0 aromatic heterocycles. The third kappa shape index (κ3) is 3.63. The number of hydrogen-bond donors (Lipinski definition) is 3. The molecule has 1 aliphatic carbocycles. The van der Waals surface area contributed by atoms with Crippen molar-refractivity contribution in [3.8, 4) is 0 Å². The van der Waals surface area contributed by atoms with Crippen LogP contribution in [0.1, 0.15) is 48.9 Å². The lowest BCUT2D eigenvalue weighted by molar-refractivity contribution is 0.0938. The van der Waals surface area contributed by atoms with Crippen LogP contribution in [-0.2, 0) is 0 Å². The van der Waals surface area contributed by atoms with Crippen LogP contribution < -0.4 is 16.0 Å². The molecule has 3 amide bonds. The monoisotopic (exact) mass is 342 g/mol. The number of rotatable bonds is 3. The molecular formula is C19H26N4O2. The van der Waals surface area contributed by atoms with E-state index in [1.807, 2.05) is 17.0 Å². The Morgan fingerprint density at radius 1 is 1.04 bits per heavy atom. The third-order valence-corrected chi connectivity index (χ3v) is 5.70. The SMILES string of the molecule is O=C(NC1CCCC1)c1ccc(NC(=O)N2CC3CCC2CN3)cc1. The van der Waals surface area contributed by atoms with Crippen LogP contribution in [0.15, 0.2) is 24.3 Å². The molecule has 3 saturated heterocycles. The summed E-state index contributed by atoms with van der Waals surface area (Å²) in [6, 6.07) is 8.17. The lowest BCUT2D eigenvalue weighted by Gasteiger charge is -2.45. The van der Waals surface area contributed by atoms with Crippen LogP contribution >= 0.6 is 0 Å². The van der Waals surface area contributed by atoms with Gasteiger partial charge in [-0.1, -0.05) is 12.8 Å². The zero-order chi connectivity index (χ0) is 17.2. The summed E-state index contributed by atoms with van der Waals surface area (Å²) < 4.78 is 0. The molecule has 0 spiro atoms. The van der Waals surface area contributed by atoms with Crippen LogP contribution in [0.25, 0.3) is 0 Å². The van der Waals surface area contributed by atoms with Gasteiger partial charge in [0.25, 0.3) is 5.91 Å². The fourth-order valence-corrected chi connectivity index (χ4v) is 4.20. The minimum Gasteiger partial charge on any atom is -0.349 e. The van der Waals surface area contributed by atoms with E-state index in [2.05, 4.69) is 16.0 Å². The quantitative estimate of drug-likeness (QED) is 0.789. The predicted molar refractivity (Wildman–Crippen MR) is 96.7 cm³/mol. The lowest BCUT2D eigenvalue weighted by Crippen LogP contribution is -2.63. The van der Waals surface area contributed by atoms with Crippen LogP contribution in [-0.4, -0.2) is 48.1 Å². The van der Waals surface area contributed by atoms with E-state index in [-0.39, 0.29) is 11.9 Å². The van der Waals surface area contributed by atoms with E-state index >= 15 is 0 Å². The fourth-order valence-electron chi connectivity index (χ4n) is 4.20. The number of urea groups is 1. The first-order valence-electron chi connectivity index (χ1n) is 9.41. The Labute approximate surface area is 148 Å². The van der Waals surface area contributed by atoms with Crippen molar-refractivity contribution in [3.63, 3.8) is 0 Å². The van der Waals surface area contributed by atoms with Gasteiger partial charge in [-0.15, -0.1) is 0 Å². The van der Waals surface area contributed by atoms with Crippen molar-refractivity contribution in [2.24, 2.45) is 0 Å². The minimum absolute atomic E-state index is 0.0239. The Bertz CT molecular complexity index is 631. The first kappa shape index (κ1) is 16.4. The van der Waals surface area contributed by atoms with Crippen molar-refractivity contribution >= 4 is 17.6 Å². The summed E-state index contributed by atoms with van der Waals surface area (Å²) in [6.45, 7) is 1.66. The van der Waals surface area contributed by atoms with Crippen molar-refractivity contribution in [2.75, 3.05) is 18.4 Å². The van der Waals surface area contributed by atoms with Gasteiger partial charge in [0.2, 0.25) is 0 Å². The number of fused-ring (bicyclic) bond motifs is 3. The van der Waals surface area contributed by atoms with Crippen molar-refractivity contribution < 1.29 is 9.59 Å². The van der Waals surface area contributed by atoms with Crippen LogP contribution in [0.3, 0.4) is 0 Å². The second-order valence-corrected chi connectivity index (χ2v) is 7.45. The summed E-state index contributed by atoms with van der Waals surface area (Å²) in [6.07, 6.45) is 6.78. The van der Waals surface area contributed by atoms with Gasteiger partial charge in [0.15, 0.2) is 0 Å². The number of carbonyl (C=O) groups excluding carboxylic acids is 2. The van der Waals surface area contributed by atoms with Gasteiger partial charge in [-0.2, -0.15) is 0 Å². The summed E-state index contributed by atoms with van der Waals surface area (Å²) in [5.41, 5.74) is 1.38. The highest BCUT2D eigenvalue weighted by atomic mass is 16.2. The molecule has 25 heavy (non-hydrogen) atoms. The van der Waals surface area contributed by atoms with E-state index in [1.54, 1.807) is 12.1 Å². The highest BCUT2D eigenvalue weighted by Gasteiger charge is 2.36. The van der Waals surface area contributed by atoms with Crippen molar-refractivity contribution in [3.05, 3.63) is 29.8 Å². The summed E-state index contributed by atoms with van der Waals surface area (Å²) in [5, 5.41) is 9.50. The fraction of sp³-hybridized carbons (Fsp3) is 0.579. The molecule has 2 atom stereocenters. The van der Waals surface area contributed by atoms with E-state index in [1.165, 1.54) is 12.8 Å². The molecular weight excluding hydrogens is 316 g/mol. The third-order valence-electron chi connectivity index (χ3n) is 5.70. The molecule has 1 aromatic rings.